The van der Waals surface area contributed by atoms with E-state index in [9.17, 15) is 10.2 Å². The lowest BCUT2D eigenvalue weighted by Crippen LogP contribution is -2.48. The number of aliphatic hydroxyl groups excluding tert-OH is 1. The third kappa shape index (κ3) is 3.05. The average molecular weight is 306 g/mol. The molecule has 0 saturated heterocycles. The van der Waals surface area contributed by atoms with Crippen molar-refractivity contribution in [2.24, 2.45) is 16.7 Å². The van der Waals surface area contributed by atoms with Crippen molar-refractivity contribution in [1.82, 2.24) is 0 Å². The molecule has 0 bridgehead atoms. The molecule has 2 aliphatic rings. The molecule has 0 aromatic carbocycles. The normalized spacial score (nSPS) is 38.4. The van der Waals surface area contributed by atoms with Gasteiger partial charge in [-0.15, -0.1) is 6.58 Å². The molecule has 4 atom stereocenters. The number of hydrogen-bond acceptors (Lipinski definition) is 2. The van der Waals surface area contributed by atoms with Gasteiger partial charge in [-0.05, 0) is 69.1 Å². The SMILES string of the molecule is C=CC(C)(O)CCC1=C(C)CCC2C(C)(CO)CCCC12C. The first kappa shape index (κ1) is 17.7. The smallest absolute Gasteiger partial charge is 0.0800 e. The van der Waals surface area contributed by atoms with Gasteiger partial charge in [0.05, 0.1) is 5.60 Å². The lowest BCUT2D eigenvalue weighted by Gasteiger charge is -2.56. The molecule has 0 amide bonds. The van der Waals surface area contributed by atoms with Gasteiger partial charge in [-0.1, -0.05) is 37.5 Å². The van der Waals surface area contributed by atoms with E-state index in [1.54, 1.807) is 11.6 Å². The first-order valence-electron chi connectivity index (χ1n) is 8.84. The molecule has 0 aromatic rings. The highest BCUT2D eigenvalue weighted by Crippen LogP contribution is 2.60. The summed E-state index contributed by atoms with van der Waals surface area (Å²) in [4.78, 5) is 0. The minimum atomic E-state index is -0.786. The van der Waals surface area contributed by atoms with E-state index < -0.39 is 5.60 Å². The van der Waals surface area contributed by atoms with Crippen molar-refractivity contribution in [2.45, 2.75) is 78.2 Å². The fourth-order valence-corrected chi connectivity index (χ4v) is 5.17. The Morgan fingerprint density at radius 3 is 2.64 bits per heavy atom. The van der Waals surface area contributed by atoms with Crippen molar-refractivity contribution in [2.75, 3.05) is 6.61 Å². The fourth-order valence-electron chi connectivity index (χ4n) is 5.17. The van der Waals surface area contributed by atoms with Crippen LogP contribution in [0.4, 0.5) is 0 Å². The maximum atomic E-state index is 10.3. The Hall–Kier alpha value is -0.600. The fraction of sp³-hybridized carbons (Fsp3) is 0.800. The molecule has 126 valence electrons. The molecule has 2 rings (SSSR count). The molecule has 22 heavy (non-hydrogen) atoms. The first-order valence-corrected chi connectivity index (χ1v) is 8.84. The standard InChI is InChI=1S/C20H34O2/c1-6-19(4,22)13-10-16-15(2)8-9-17-18(3,14-21)11-7-12-20(16,17)5/h6,17,21-22H,1,7-14H2,2-5H3. The van der Waals surface area contributed by atoms with Crippen molar-refractivity contribution in [1.29, 1.82) is 0 Å². The van der Waals surface area contributed by atoms with Crippen LogP contribution in [0.2, 0.25) is 0 Å². The molecule has 0 radical (unpaired) electrons. The van der Waals surface area contributed by atoms with Crippen molar-refractivity contribution in [3.8, 4) is 0 Å². The van der Waals surface area contributed by atoms with Crippen molar-refractivity contribution in [3.05, 3.63) is 23.8 Å². The zero-order chi connectivity index (χ0) is 16.6. The van der Waals surface area contributed by atoms with Crippen LogP contribution < -0.4 is 0 Å². The van der Waals surface area contributed by atoms with E-state index in [0.29, 0.717) is 12.5 Å². The number of fused-ring (bicyclic) bond motifs is 1. The molecule has 2 N–H and O–H groups in total. The summed E-state index contributed by atoms with van der Waals surface area (Å²) in [5, 5.41) is 20.3. The van der Waals surface area contributed by atoms with Gasteiger partial charge in [0.15, 0.2) is 0 Å². The summed E-state index contributed by atoms with van der Waals surface area (Å²) < 4.78 is 0. The molecule has 2 nitrogen and oxygen atoms in total. The average Bonchev–Trinajstić information content (AvgIpc) is 2.46. The van der Waals surface area contributed by atoms with Gasteiger partial charge in [0.2, 0.25) is 0 Å². The largest absolute Gasteiger partial charge is 0.396 e. The second-order valence-corrected chi connectivity index (χ2v) is 8.49. The summed E-state index contributed by atoms with van der Waals surface area (Å²) in [5.41, 5.74) is 2.52. The Bertz CT molecular complexity index is 462. The van der Waals surface area contributed by atoms with Crippen LogP contribution in [0.5, 0.6) is 0 Å². The van der Waals surface area contributed by atoms with Crippen molar-refractivity contribution < 1.29 is 10.2 Å². The number of allylic oxidation sites excluding steroid dienone is 2. The molecule has 4 unspecified atom stereocenters. The van der Waals surface area contributed by atoms with E-state index in [4.69, 9.17) is 0 Å². The monoisotopic (exact) mass is 306 g/mol. The summed E-state index contributed by atoms with van der Waals surface area (Å²) in [7, 11) is 0. The Balaban J connectivity index is 2.30. The van der Waals surface area contributed by atoms with Crippen molar-refractivity contribution in [3.63, 3.8) is 0 Å². The van der Waals surface area contributed by atoms with E-state index in [-0.39, 0.29) is 10.8 Å². The summed E-state index contributed by atoms with van der Waals surface area (Å²) >= 11 is 0. The van der Waals surface area contributed by atoms with Crippen LogP contribution in [0.25, 0.3) is 0 Å². The van der Waals surface area contributed by atoms with Gasteiger partial charge in [-0.3, -0.25) is 0 Å². The van der Waals surface area contributed by atoms with Crippen LogP contribution >= 0.6 is 0 Å². The summed E-state index contributed by atoms with van der Waals surface area (Å²) in [6.45, 7) is 12.8. The highest BCUT2D eigenvalue weighted by molar-refractivity contribution is 5.28. The van der Waals surface area contributed by atoms with Gasteiger partial charge in [0.25, 0.3) is 0 Å². The van der Waals surface area contributed by atoms with Gasteiger partial charge < -0.3 is 10.2 Å². The molecule has 2 heteroatoms. The van der Waals surface area contributed by atoms with E-state index in [2.05, 4.69) is 27.4 Å². The zero-order valence-corrected chi connectivity index (χ0v) is 14.9. The molecular formula is C20H34O2. The number of aliphatic hydroxyl groups is 2. The molecule has 1 fully saturated rings. The third-order valence-electron chi connectivity index (χ3n) is 6.75. The maximum absolute atomic E-state index is 10.3. The molecule has 0 spiro atoms. The predicted octanol–water partition coefficient (Wildman–Crippen LogP) is 4.62. The Morgan fingerprint density at radius 1 is 1.36 bits per heavy atom. The van der Waals surface area contributed by atoms with Crippen LogP contribution in [-0.2, 0) is 0 Å². The van der Waals surface area contributed by atoms with Gasteiger partial charge in [-0.25, -0.2) is 0 Å². The molecule has 0 aliphatic heterocycles. The van der Waals surface area contributed by atoms with Crippen LogP contribution in [-0.4, -0.2) is 22.4 Å². The molecule has 0 aromatic heterocycles. The van der Waals surface area contributed by atoms with Gasteiger partial charge >= 0.3 is 0 Å². The van der Waals surface area contributed by atoms with Crippen LogP contribution in [0.15, 0.2) is 23.8 Å². The maximum Gasteiger partial charge on any atom is 0.0800 e. The zero-order valence-electron chi connectivity index (χ0n) is 14.9. The van der Waals surface area contributed by atoms with E-state index in [0.717, 1.165) is 25.7 Å². The van der Waals surface area contributed by atoms with Gasteiger partial charge in [0.1, 0.15) is 0 Å². The highest BCUT2D eigenvalue weighted by atomic mass is 16.3. The quantitative estimate of drug-likeness (QED) is 0.728. The summed E-state index contributed by atoms with van der Waals surface area (Å²) in [6, 6.07) is 0. The summed E-state index contributed by atoms with van der Waals surface area (Å²) in [5.74, 6) is 0.561. The Labute approximate surface area is 136 Å². The Kier molecular flexibility index (Phi) is 4.94. The van der Waals surface area contributed by atoms with Gasteiger partial charge in [0, 0.05) is 6.61 Å². The molecular weight excluding hydrogens is 272 g/mol. The Morgan fingerprint density at radius 2 is 2.05 bits per heavy atom. The second kappa shape index (κ2) is 6.13. The minimum absolute atomic E-state index is 0.0555. The van der Waals surface area contributed by atoms with Crippen LogP contribution in [0.3, 0.4) is 0 Å². The predicted molar refractivity (Wildman–Crippen MR) is 92.6 cm³/mol. The highest BCUT2D eigenvalue weighted by Gasteiger charge is 2.51. The lowest BCUT2D eigenvalue weighted by molar-refractivity contribution is -0.0399. The topological polar surface area (TPSA) is 40.5 Å². The second-order valence-electron chi connectivity index (χ2n) is 8.49. The van der Waals surface area contributed by atoms with Crippen LogP contribution in [0.1, 0.15) is 72.6 Å². The number of rotatable bonds is 5. The lowest BCUT2D eigenvalue weighted by atomic mass is 9.49. The van der Waals surface area contributed by atoms with E-state index in [1.807, 2.05) is 6.92 Å². The minimum Gasteiger partial charge on any atom is -0.396 e. The molecule has 0 heterocycles. The van der Waals surface area contributed by atoms with Crippen LogP contribution in [0, 0.1) is 16.7 Å². The van der Waals surface area contributed by atoms with E-state index >= 15 is 0 Å². The van der Waals surface area contributed by atoms with Crippen molar-refractivity contribution >= 4 is 0 Å². The summed E-state index contributed by atoms with van der Waals surface area (Å²) in [6.07, 6.45) is 9.22. The third-order valence-corrected chi connectivity index (χ3v) is 6.75. The first-order chi connectivity index (χ1) is 10.2. The number of hydrogen-bond donors (Lipinski definition) is 2. The molecule has 1 saturated carbocycles. The van der Waals surface area contributed by atoms with E-state index in [1.165, 1.54) is 24.8 Å². The van der Waals surface area contributed by atoms with Gasteiger partial charge in [-0.2, -0.15) is 0 Å². The molecule has 2 aliphatic carbocycles.